The van der Waals surface area contributed by atoms with Gasteiger partial charge in [-0.25, -0.2) is 9.59 Å². The van der Waals surface area contributed by atoms with Crippen LogP contribution in [0.5, 0.6) is 0 Å². The molecule has 2 fully saturated rings. The van der Waals surface area contributed by atoms with E-state index in [1.165, 1.54) is 11.3 Å². The molecule has 0 aliphatic carbocycles. The smallest absolute Gasteiger partial charge is 0.410 e. The second-order valence-corrected chi connectivity index (χ2v) is 7.44. The second-order valence-electron chi connectivity index (χ2n) is 6.09. The van der Waals surface area contributed by atoms with Crippen LogP contribution in [0.3, 0.4) is 0 Å². The fourth-order valence-electron chi connectivity index (χ4n) is 3.35. The summed E-state index contributed by atoms with van der Waals surface area (Å²) in [6.07, 6.45) is 2.32. The minimum atomic E-state index is -0.938. The monoisotopic (exact) mass is 335 g/mol. The minimum absolute atomic E-state index is 0.172. The van der Waals surface area contributed by atoms with E-state index >= 15 is 0 Å². The van der Waals surface area contributed by atoms with Crippen LogP contribution in [0.25, 0.3) is 0 Å². The maximum absolute atomic E-state index is 12.3. The number of hydrogen-bond acceptors (Lipinski definition) is 4. The van der Waals surface area contributed by atoms with Gasteiger partial charge in [0.15, 0.2) is 0 Å². The van der Waals surface area contributed by atoms with E-state index in [9.17, 15) is 14.7 Å². The predicted octanol–water partition coefficient (Wildman–Crippen LogP) is 2.99. The maximum Gasteiger partial charge on any atom is 0.410 e. The zero-order chi connectivity index (χ0) is 16.2. The Labute approximate surface area is 140 Å². The molecule has 23 heavy (non-hydrogen) atoms. The molecule has 2 aliphatic rings. The lowest BCUT2D eigenvalue weighted by Gasteiger charge is -2.21. The van der Waals surface area contributed by atoms with Crippen molar-refractivity contribution in [2.24, 2.45) is 5.92 Å². The summed E-state index contributed by atoms with van der Waals surface area (Å²) in [5, 5.41) is 9.90. The van der Waals surface area contributed by atoms with Crippen LogP contribution in [0.2, 0.25) is 0 Å². The van der Waals surface area contributed by atoms with Crippen molar-refractivity contribution in [2.45, 2.75) is 37.2 Å². The molecule has 1 N–H and O–H groups in total. The Morgan fingerprint density at radius 2 is 2.09 bits per heavy atom. The number of rotatable bonds is 4. The highest BCUT2D eigenvalue weighted by molar-refractivity contribution is 8.00. The molecule has 2 saturated heterocycles. The highest BCUT2D eigenvalue weighted by atomic mass is 32.2. The molecule has 2 aliphatic heterocycles. The van der Waals surface area contributed by atoms with Gasteiger partial charge >= 0.3 is 12.1 Å². The molecule has 0 bridgehead atoms. The molecular formula is C17H21NO4S. The standard InChI is InChI=1S/C17H21NO4S/c19-16(20)14-9-13(15-7-4-8-23-15)10-18(14)17(21)22-11-12-5-2-1-3-6-12/h1-3,5-6,13-15H,4,7-11H2,(H,19,20)/t13?,14-,15?/m0/s1. The third-order valence-corrected chi connectivity index (χ3v) is 6.12. The first kappa shape index (κ1) is 16.2. The summed E-state index contributed by atoms with van der Waals surface area (Å²) in [6, 6.07) is 8.66. The molecule has 0 spiro atoms. The van der Waals surface area contributed by atoms with E-state index in [0.29, 0.717) is 18.2 Å². The van der Waals surface area contributed by atoms with Gasteiger partial charge in [0.25, 0.3) is 0 Å². The Morgan fingerprint density at radius 1 is 1.30 bits per heavy atom. The SMILES string of the molecule is O=C(O)[C@@H]1CC(C2CCCS2)CN1C(=O)OCc1ccccc1. The summed E-state index contributed by atoms with van der Waals surface area (Å²) in [5.41, 5.74) is 0.898. The summed E-state index contributed by atoms with van der Waals surface area (Å²) in [4.78, 5) is 25.2. The van der Waals surface area contributed by atoms with Gasteiger partial charge in [-0.2, -0.15) is 11.8 Å². The van der Waals surface area contributed by atoms with Gasteiger partial charge in [0.05, 0.1) is 0 Å². The van der Waals surface area contributed by atoms with Crippen molar-refractivity contribution in [1.29, 1.82) is 0 Å². The molecule has 0 radical (unpaired) electrons. The number of carboxylic acids is 1. The molecule has 1 aromatic carbocycles. The van der Waals surface area contributed by atoms with Crippen LogP contribution in [0.15, 0.2) is 30.3 Å². The molecule has 2 unspecified atom stereocenters. The van der Waals surface area contributed by atoms with E-state index < -0.39 is 18.1 Å². The minimum Gasteiger partial charge on any atom is -0.480 e. The molecule has 0 saturated carbocycles. The number of thioether (sulfide) groups is 1. The summed E-state index contributed by atoms with van der Waals surface area (Å²) in [6.45, 7) is 0.660. The highest BCUT2D eigenvalue weighted by Gasteiger charge is 2.43. The number of benzene rings is 1. The Morgan fingerprint density at radius 3 is 2.74 bits per heavy atom. The van der Waals surface area contributed by atoms with Crippen molar-refractivity contribution in [2.75, 3.05) is 12.3 Å². The zero-order valence-electron chi connectivity index (χ0n) is 12.9. The Bertz CT molecular complexity index is 559. The number of carbonyl (C=O) groups is 2. The first-order valence-electron chi connectivity index (χ1n) is 7.97. The quantitative estimate of drug-likeness (QED) is 0.916. The van der Waals surface area contributed by atoms with Crippen molar-refractivity contribution in [3.05, 3.63) is 35.9 Å². The number of carbonyl (C=O) groups excluding carboxylic acids is 1. The molecule has 0 aromatic heterocycles. The third-order valence-electron chi connectivity index (χ3n) is 4.55. The van der Waals surface area contributed by atoms with Crippen molar-refractivity contribution in [1.82, 2.24) is 4.90 Å². The largest absolute Gasteiger partial charge is 0.480 e. The fourth-order valence-corrected chi connectivity index (χ4v) is 4.79. The van der Waals surface area contributed by atoms with Crippen LogP contribution in [-0.2, 0) is 16.1 Å². The third kappa shape index (κ3) is 3.80. The van der Waals surface area contributed by atoms with Crippen LogP contribution in [-0.4, -0.2) is 45.7 Å². The van der Waals surface area contributed by atoms with Gasteiger partial charge in [-0.3, -0.25) is 4.90 Å². The summed E-state index contributed by atoms with van der Waals surface area (Å²) in [5.74, 6) is 0.456. The molecule has 1 amide bonds. The van der Waals surface area contributed by atoms with Crippen molar-refractivity contribution >= 4 is 23.8 Å². The van der Waals surface area contributed by atoms with Crippen LogP contribution in [0.1, 0.15) is 24.8 Å². The predicted molar refractivity (Wildman–Crippen MR) is 88.3 cm³/mol. The number of hydrogen-bond donors (Lipinski definition) is 1. The lowest BCUT2D eigenvalue weighted by molar-refractivity contribution is -0.141. The van der Waals surface area contributed by atoms with E-state index in [1.54, 1.807) is 0 Å². The lowest BCUT2D eigenvalue weighted by Crippen LogP contribution is -2.40. The van der Waals surface area contributed by atoms with Gasteiger partial charge < -0.3 is 9.84 Å². The second kappa shape index (κ2) is 7.25. The van der Waals surface area contributed by atoms with Gasteiger partial charge in [-0.05, 0) is 36.5 Å². The number of likely N-dealkylation sites (tertiary alicyclic amines) is 1. The summed E-state index contributed by atoms with van der Waals surface area (Å²) >= 11 is 1.91. The first-order valence-corrected chi connectivity index (χ1v) is 9.02. The number of ether oxygens (including phenoxy) is 1. The van der Waals surface area contributed by atoms with Gasteiger partial charge in [-0.1, -0.05) is 30.3 Å². The molecule has 124 valence electrons. The number of aliphatic carboxylic acids is 1. The molecule has 3 atom stereocenters. The average Bonchev–Trinajstić information content (AvgIpc) is 3.22. The maximum atomic E-state index is 12.3. The molecule has 1 aromatic rings. The van der Waals surface area contributed by atoms with Crippen LogP contribution in [0, 0.1) is 5.92 Å². The van der Waals surface area contributed by atoms with Gasteiger partial charge in [-0.15, -0.1) is 0 Å². The molecular weight excluding hydrogens is 314 g/mol. The van der Waals surface area contributed by atoms with Crippen LogP contribution < -0.4 is 0 Å². The molecule has 2 heterocycles. The van der Waals surface area contributed by atoms with Gasteiger partial charge in [0.1, 0.15) is 12.6 Å². The topological polar surface area (TPSA) is 66.8 Å². The average molecular weight is 335 g/mol. The number of amides is 1. The summed E-state index contributed by atoms with van der Waals surface area (Å²) < 4.78 is 5.32. The van der Waals surface area contributed by atoms with E-state index in [-0.39, 0.29) is 12.5 Å². The van der Waals surface area contributed by atoms with E-state index in [1.807, 2.05) is 42.1 Å². The fraction of sp³-hybridized carbons (Fsp3) is 0.529. The molecule has 6 heteroatoms. The first-order chi connectivity index (χ1) is 11.1. The number of carboxylic acid groups (broad SMARTS) is 1. The van der Waals surface area contributed by atoms with Gasteiger partial charge in [0.2, 0.25) is 0 Å². The summed E-state index contributed by atoms with van der Waals surface area (Å²) in [7, 11) is 0. The number of nitrogens with zero attached hydrogens (tertiary/aromatic N) is 1. The van der Waals surface area contributed by atoms with Gasteiger partial charge in [0, 0.05) is 11.8 Å². The Balaban J connectivity index is 1.61. The molecule has 3 rings (SSSR count). The van der Waals surface area contributed by atoms with Crippen LogP contribution >= 0.6 is 11.8 Å². The van der Waals surface area contributed by atoms with E-state index in [2.05, 4.69) is 0 Å². The highest BCUT2D eigenvalue weighted by Crippen LogP contribution is 2.38. The molecule has 5 nitrogen and oxygen atoms in total. The van der Waals surface area contributed by atoms with E-state index in [4.69, 9.17) is 4.74 Å². The van der Waals surface area contributed by atoms with Crippen molar-refractivity contribution < 1.29 is 19.4 Å². The van der Waals surface area contributed by atoms with E-state index in [0.717, 1.165) is 17.7 Å². The Hall–Kier alpha value is -1.69. The Kier molecular flexibility index (Phi) is 5.10. The van der Waals surface area contributed by atoms with Crippen LogP contribution in [0.4, 0.5) is 4.79 Å². The zero-order valence-corrected chi connectivity index (χ0v) is 13.7. The lowest BCUT2D eigenvalue weighted by atomic mass is 9.99. The van der Waals surface area contributed by atoms with Crippen molar-refractivity contribution in [3.8, 4) is 0 Å². The normalized spacial score (nSPS) is 27.1. The van der Waals surface area contributed by atoms with Crippen molar-refractivity contribution in [3.63, 3.8) is 0 Å².